The fourth-order valence-corrected chi connectivity index (χ4v) is 4.41. The lowest BCUT2D eigenvalue weighted by Crippen LogP contribution is -2.40. The lowest BCUT2D eigenvalue weighted by Gasteiger charge is -2.38. The number of nitrogens with zero attached hydrogens (tertiary/aromatic N) is 1. The van der Waals surface area contributed by atoms with E-state index in [0.717, 1.165) is 22.4 Å². The van der Waals surface area contributed by atoms with Crippen LogP contribution in [0.15, 0.2) is 54.6 Å². The molecule has 0 bridgehead atoms. The summed E-state index contributed by atoms with van der Waals surface area (Å²) in [6.07, 6.45) is 0.690. The second kappa shape index (κ2) is 9.95. The number of hydrogen-bond acceptors (Lipinski definition) is 6. The quantitative estimate of drug-likeness (QED) is 0.513. The van der Waals surface area contributed by atoms with Crippen molar-refractivity contribution in [1.82, 2.24) is 4.90 Å². The van der Waals surface area contributed by atoms with Gasteiger partial charge in [0.25, 0.3) is 5.91 Å². The fourth-order valence-electron chi connectivity index (χ4n) is 4.41. The zero-order valence-corrected chi connectivity index (χ0v) is 20.1. The van der Waals surface area contributed by atoms with Crippen LogP contribution in [0.2, 0.25) is 0 Å². The molecule has 7 nitrogen and oxygen atoms in total. The molecule has 4 rings (SSSR count). The summed E-state index contributed by atoms with van der Waals surface area (Å²) in [6.45, 7) is 0.539. The van der Waals surface area contributed by atoms with Gasteiger partial charge in [-0.1, -0.05) is 12.1 Å². The Labute approximate surface area is 199 Å². The maximum absolute atomic E-state index is 13.9. The third kappa shape index (κ3) is 4.33. The van der Waals surface area contributed by atoms with Crippen LogP contribution in [0.25, 0.3) is 0 Å². The molecule has 3 aromatic rings. The lowest BCUT2D eigenvalue weighted by atomic mass is 9.87. The van der Waals surface area contributed by atoms with Gasteiger partial charge in [-0.05, 0) is 59.5 Å². The number of amides is 1. The molecule has 34 heavy (non-hydrogen) atoms. The number of fused-ring (bicyclic) bond motifs is 1. The highest BCUT2D eigenvalue weighted by molar-refractivity contribution is 5.96. The number of ether oxygens (including phenoxy) is 5. The largest absolute Gasteiger partial charge is 0.497 e. The Morgan fingerprint density at radius 1 is 0.735 bits per heavy atom. The monoisotopic (exact) mass is 463 g/mol. The molecule has 3 aromatic carbocycles. The zero-order chi connectivity index (χ0) is 24.2. The van der Waals surface area contributed by atoms with E-state index in [0.29, 0.717) is 41.5 Å². The molecule has 0 N–H and O–H groups in total. The van der Waals surface area contributed by atoms with Crippen LogP contribution in [0.1, 0.15) is 33.1 Å². The van der Waals surface area contributed by atoms with E-state index < -0.39 is 0 Å². The average Bonchev–Trinajstić information content (AvgIpc) is 2.90. The molecule has 178 valence electrons. The van der Waals surface area contributed by atoms with Crippen LogP contribution in [0, 0.1) is 0 Å². The van der Waals surface area contributed by atoms with E-state index in [1.54, 1.807) is 53.7 Å². The van der Waals surface area contributed by atoms with Gasteiger partial charge in [0.2, 0.25) is 0 Å². The van der Waals surface area contributed by atoms with E-state index >= 15 is 0 Å². The zero-order valence-electron chi connectivity index (χ0n) is 20.1. The van der Waals surface area contributed by atoms with E-state index in [1.807, 2.05) is 41.3 Å². The van der Waals surface area contributed by atoms with Crippen LogP contribution < -0.4 is 23.7 Å². The molecule has 1 amide bonds. The first-order valence-corrected chi connectivity index (χ1v) is 11.0. The topological polar surface area (TPSA) is 66.5 Å². The molecule has 0 saturated heterocycles. The highest BCUT2D eigenvalue weighted by atomic mass is 16.5. The minimum Gasteiger partial charge on any atom is -0.497 e. The molecule has 0 aliphatic carbocycles. The molecular formula is C27H29NO6. The predicted molar refractivity (Wildman–Crippen MR) is 129 cm³/mol. The van der Waals surface area contributed by atoms with Crippen molar-refractivity contribution in [3.63, 3.8) is 0 Å². The Bertz CT molecular complexity index is 1150. The minimum absolute atomic E-state index is 0.113. The first-order valence-electron chi connectivity index (χ1n) is 11.0. The highest BCUT2D eigenvalue weighted by Crippen LogP contribution is 2.42. The van der Waals surface area contributed by atoms with Crippen molar-refractivity contribution >= 4 is 5.91 Å². The number of carbonyl (C=O) groups excluding carboxylic acids is 1. The maximum Gasteiger partial charge on any atom is 0.254 e. The molecule has 0 saturated carbocycles. The molecule has 0 aromatic heterocycles. The summed E-state index contributed by atoms with van der Waals surface area (Å²) in [4.78, 5) is 15.7. The molecule has 1 heterocycles. The van der Waals surface area contributed by atoms with Crippen LogP contribution in [-0.2, 0) is 6.42 Å². The van der Waals surface area contributed by atoms with Crippen LogP contribution in [-0.4, -0.2) is 52.9 Å². The lowest BCUT2D eigenvalue weighted by molar-refractivity contribution is 0.0693. The van der Waals surface area contributed by atoms with E-state index in [-0.39, 0.29) is 11.9 Å². The fraction of sp³-hybridized carbons (Fsp3) is 0.296. The van der Waals surface area contributed by atoms with E-state index in [1.165, 1.54) is 0 Å². The van der Waals surface area contributed by atoms with Gasteiger partial charge < -0.3 is 28.6 Å². The minimum atomic E-state index is -0.320. The Morgan fingerprint density at radius 2 is 1.32 bits per heavy atom. The van der Waals surface area contributed by atoms with Gasteiger partial charge >= 0.3 is 0 Å². The van der Waals surface area contributed by atoms with Crippen LogP contribution in [0.4, 0.5) is 0 Å². The first-order chi connectivity index (χ1) is 16.5. The second-order valence-corrected chi connectivity index (χ2v) is 7.93. The van der Waals surface area contributed by atoms with Gasteiger partial charge in [0.1, 0.15) is 17.2 Å². The van der Waals surface area contributed by atoms with Crippen molar-refractivity contribution in [3.05, 3.63) is 76.9 Å². The van der Waals surface area contributed by atoms with Crippen molar-refractivity contribution in [2.75, 3.05) is 42.1 Å². The number of methoxy groups -OCH3 is 5. The summed E-state index contributed by atoms with van der Waals surface area (Å²) in [7, 11) is 8.01. The van der Waals surface area contributed by atoms with Gasteiger partial charge in [0.05, 0.1) is 41.6 Å². The van der Waals surface area contributed by atoms with Crippen LogP contribution in [0.5, 0.6) is 28.7 Å². The normalized spacial score (nSPS) is 14.7. The van der Waals surface area contributed by atoms with Crippen molar-refractivity contribution in [3.8, 4) is 28.7 Å². The molecule has 7 heteroatoms. The van der Waals surface area contributed by atoms with Gasteiger partial charge in [-0.3, -0.25) is 4.79 Å². The Hall–Kier alpha value is -3.87. The van der Waals surface area contributed by atoms with Crippen molar-refractivity contribution < 1.29 is 28.5 Å². The number of benzene rings is 3. The third-order valence-electron chi connectivity index (χ3n) is 6.16. The first kappa shape index (κ1) is 23.3. The third-order valence-corrected chi connectivity index (χ3v) is 6.16. The van der Waals surface area contributed by atoms with Crippen molar-refractivity contribution in [2.45, 2.75) is 12.5 Å². The molecule has 0 fully saturated rings. The maximum atomic E-state index is 13.9. The number of hydrogen-bond donors (Lipinski definition) is 0. The van der Waals surface area contributed by atoms with Gasteiger partial charge in [0, 0.05) is 18.2 Å². The van der Waals surface area contributed by atoms with Crippen LogP contribution in [0.3, 0.4) is 0 Å². The SMILES string of the molecule is COc1ccc(C2c3cc(OC)c(OC)cc3CCN2C(=O)c2cc(OC)cc(OC)c2)cc1. The van der Waals surface area contributed by atoms with Gasteiger partial charge in [-0.2, -0.15) is 0 Å². The van der Waals surface area contributed by atoms with E-state index in [9.17, 15) is 4.79 Å². The van der Waals surface area contributed by atoms with Gasteiger partial charge in [-0.25, -0.2) is 0 Å². The molecule has 1 aliphatic rings. The van der Waals surface area contributed by atoms with Crippen LogP contribution >= 0.6 is 0 Å². The standard InChI is InChI=1S/C27H29NO6/c1-30-20-8-6-17(7-9-20)26-23-16-25(34-5)24(33-4)14-18(23)10-11-28(26)27(29)19-12-21(31-2)15-22(13-19)32-3/h6-9,12-16,26H,10-11H2,1-5H3. The molecule has 1 unspecified atom stereocenters. The number of carbonyl (C=O) groups is 1. The summed E-state index contributed by atoms with van der Waals surface area (Å²) >= 11 is 0. The van der Waals surface area contributed by atoms with E-state index in [2.05, 4.69) is 0 Å². The summed E-state index contributed by atoms with van der Waals surface area (Å²) in [6, 6.07) is 16.7. The second-order valence-electron chi connectivity index (χ2n) is 7.93. The molecule has 0 radical (unpaired) electrons. The Kier molecular flexibility index (Phi) is 6.82. The highest BCUT2D eigenvalue weighted by Gasteiger charge is 2.34. The molecule has 0 spiro atoms. The molecular weight excluding hydrogens is 434 g/mol. The predicted octanol–water partition coefficient (Wildman–Crippen LogP) is 4.52. The van der Waals surface area contributed by atoms with Crippen molar-refractivity contribution in [1.29, 1.82) is 0 Å². The van der Waals surface area contributed by atoms with E-state index in [4.69, 9.17) is 23.7 Å². The Morgan fingerprint density at radius 3 is 1.88 bits per heavy atom. The molecule has 1 aliphatic heterocycles. The summed E-state index contributed by atoms with van der Waals surface area (Å²) in [5, 5.41) is 0. The average molecular weight is 464 g/mol. The Balaban J connectivity index is 1.84. The van der Waals surface area contributed by atoms with Crippen molar-refractivity contribution in [2.24, 2.45) is 0 Å². The summed E-state index contributed by atoms with van der Waals surface area (Å²) in [5.41, 5.74) is 3.58. The number of rotatable bonds is 7. The summed E-state index contributed by atoms with van der Waals surface area (Å²) in [5.74, 6) is 3.06. The van der Waals surface area contributed by atoms with Gasteiger partial charge in [-0.15, -0.1) is 0 Å². The summed E-state index contributed by atoms with van der Waals surface area (Å²) < 4.78 is 27.2. The smallest absolute Gasteiger partial charge is 0.254 e. The van der Waals surface area contributed by atoms with Gasteiger partial charge in [0.15, 0.2) is 11.5 Å². The molecule has 1 atom stereocenters.